The minimum atomic E-state index is 0.711. The van der Waals surface area contributed by atoms with Crippen molar-refractivity contribution in [3.05, 3.63) is 52.4 Å². The second-order valence-corrected chi connectivity index (χ2v) is 5.58. The molecular formula is C16H21ClN4. The van der Waals surface area contributed by atoms with Gasteiger partial charge in [0.1, 0.15) is 11.6 Å². The summed E-state index contributed by atoms with van der Waals surface area (Å²) in [5.74, 6) is 1.72. The van der Waals surface area contributed by atoms with E-state index in [-0.39, 0.29) is 0 Å². The Hall–Kier alpha value is -1.65. The first-order valence-corrected chi connectivity index (χ1v) is 7.46. The largest absolute Gasteiger partial charge is 0.370 e. The van der Waals surface area contributed by atoms with Gasteiger partial charge in [0.15, 0.2) is 0 Å². The summed E-state index contributed by atoms with van der Waals surface area (Å²) in [5.41, 5.74) is 2.21. The van der Waals surface area contributed by atoms with E-state index in [0.717, 1.165) is 35.4 Å². The van der Waals surface area contributed by atoms with Crippen molar-refractivity contribution >= 4 is 17.4 Å². The van der Waals surface area contributed by atoms with Crippen molar-refractivity contribution in [1.29, 1.82) is 0 Å². The van der Waals surface area contributed by atoms with E-state index in [0.29, 0.717) is 6.54 Å². The van der Waals surface area contributed by atoms with Crippen LogP contribution in [0, 0.1) is 6.92 Å². The van der Waals surface area contributed by atoms with Crippen molar-refractivity contribution in [1.82, 2.24) is 14.9 Å². The number of hydrogen-bond donors (Lipinski definition) is 1. The third-order valence-corrected chi connectivity index (χ3v) is 3.29. The molecular weight excluding hydrogens is 284 g/mol. The molecule has 0 saturated heterocycles. The van der Waals surface area contributed by atoms with E-state index in [1.165, 1.54) is 5.56 Å². The van der Waals surface area contributed by atoms with Crippen molar-refractivity contribution in [2.24, 2.45) is 0 Å². The molecule has 1 aromatic carbocycles. The fourth-order valence-corrected chi connectivity index (χ4v) is 2.30. The molecule has 0 aliphatic carbocycles. The lowest BCUT2D eigenvalue weighted by atomic mass is 10.2. The highest BCUT2D eigenvalue weighted by Gasteiger charge is 2.06. The minimum absolute atomic E-state index is 0.711. The summed E-state index contributed by atoms with van der Waals surface area (Å²) in [6.45, 7) is 6.46. The Morgan fingerprint density at radius 3 is 2.52 bits per heavy atom. The number of aromatic nitrogens is 2. The van der Waals surface area contributed by atoms with Gasteiger partial charge >= 0.3 is 0 Å². The number of hydrogen-bond acceptors (Lipinski definition) is 4. The van der Waals surface area contributed by atoms with Crippen molar-refractivity contribution in [2.75, 3.05) is 18.9 Å². The first-order chi connectivity index (χ1) is 10.1. The van der Waals surface area contributed by atoms with Crippen LogP contribution in [0.5, 0.6) is 0 Å². The predicted molar refractivity (Wildman–Crippen MR) is 87.6 cm³/mol. The lowest BCUT2D eigenvalue weighted by molar-refractivity contribution is 0.310. The van der Waals surface area contributed by atoms with E-state index in [4.69, 9.17) is 11.6 Å². The van der Waals surface area contributed by atoms with E-state index in [1.54, 1.807) is 0 Å². The zero-order valence-corrected chi connectivity index (χ0v) is 13.5. The van der Waals surface area contributed by atoms with Crippen LogP contribution in [-0.2, 0) is 13.1 Å². The highest BCUT2D eigenvalue weighted by atomic mass is 35.5. The van der Waals surface area contributed by atoms with Crippen LogP contribution >= 0.6 is 11.6 Å². The van der Waals surface area contributed by atoms with Crippen LogP contribution in [0.15, 0.2) is 30.3 Å². The smallest absolute Gasteiger partial charge is 0.144 e. The first-order valence-electron chi connectivity index (χ1n) is 7.08. The molecule has 0 unspecified atom stereocenters. The summed E-state index contributed by atoms with van der Waals surface area (Å²) in [4.78, 5) is 11.2. The molecule has 0 aliphatic heterocycles. The molecule has 1 N–H and O–H groups in total. The molecule has 0 saturated carbocycles. The molecule has 0 bridgehead atoms. The molecule has 0 fully saturated rings. The molecule has 0 aliphatic rings. The second-order valence-electron chi connectivity index (χ2n) is 5.14. The number of aryl methyl sites for hydroxylation is 1. The van der Waals surface area contributed by atoms with Gasteiger partial charge in [-0.2, -0.15) is 0 Å². The van der Waals surface area contributed by atoms with E-state index >= 15 is 0 Å². The summed E-state index contributed by atoms with van der Waals surface area (Å²) in [6, 6.07) is 9.88. The van der Waals surface area contributed by atoms with Crippen LogP contribution in [0.3, 0.4) is 0 Å². The third-order valence-electron chi connectivity index (χ3n) is 3.04. The maximum Gasteiger partial charge on any atom is 0.144 e. The van der Waals surface area contributed by atoms with Crippen LogP contribution in [-0.4, -0.2) is 28.5 Å². The highest BCUT2D eigenvalue weighted by Crippen LogP contribution is 2.12. The minimum Gasteiger partial charge on any atom is -0.370 e. The Morgan fingerprint density at radius 1 is 1.14 bits per heavy atom. The van der Waals surface area contributed by atoms with Crippen molar-refractivity contribution in [2.45, 2.75) is 26.9 Å². The Kier molecular flexibility index (Phi) is 5.53. The van der Waals surface area contributed by atoms with Crippen LogP contribution in [0.1, 0.15) is 24.0 Å². The molecule has 0 amide bonds. The number of rotatable bonds is 6. The van der Waals surface area contributed by atoms with E-state index in [2.05, 4.69) is 34.2 Å². The van der Waals surface area contributed by atoms with Gasteiger partial charge in [0.2, 0.25) is 0 Å². The topological polar surface area (TPSA) is 41.1 Å². The third kappa shape index (κ3) is 4.99. The number of anilines is 1. The van der Waals surface area contributed by atoms with Gasteiger partial charge in [0.25, 0.3) is 0 Å². The summed E-state index contributed by atoms with van der Waals surface area (Å²) < 4.78 is 0. The van der Waals surface area contributed by atoms with E-state index < -0.39 is 0 Å². The summed E-state index contributed by atoms with van der Waals surface area (Å²) >= 11 is 5.90. The lowest BCUT2D eigenvalue weighted by Gasteiger charge is -2.16. The lowest BCUT2D eigenvalue weighted by Crippen LogP contribution is -2.19. The Morgan fingerprint density at radius 2 is 1.86 bits per heavy atom. The van der Waals surface area contributed by atoms with Gasteiger partial charge < -0.3 is 5.32 Å². The molecule has 5 heteroatoms. The van der Waals surface area contributed by atoms with Gasteiger partial charge in [0, 0.05) is 29.9 Å². The van der Waals surface area contributed by atoms with Crippen LogP contribution in [0.25, 0.3) is 0 Å². The van der Waals surface area contributed by atoms with Crippen molar-refractivity contribution in [3.63, 3.8) is 0 Å². The number of nitrogens with zero attached hydrogens (tertiary/aromatic N) is 3. The average Bonchev–Trinajstić information content (AvgIpc) is 2.41. The molecule has 2 rings (SSSR count). The highest BCUT2D eigenvalue weighted by molar-refractivity contribution is 6.30. The molecule has 2 aromatic rings. The van der Waals surface area contributed by atoms with Gasteiger partial charge in [-0.25, -0.2) is 9.97 Å². The van der Waals surface area contributed by atoms with Gasteiger partial charge in [-0.3, -0.25) is 4.90 Å². The molecule has 21 heavy (non-hydrogen) atoms. The zero-order valence-electron chi connectivity index (χ0n) is 12.7. The van der Waals surface area contributed by atoms with Crippen LogP contribution in [0.4, 0.5) is 5.82 Å². The first kappa shape index (κ1) is 15.7. The zero-order chi connectivity index (χ0) is 15.2. The summed E-state index contributed by atoms with van der Waals surface area (Å²) in [6.07, 6.45) is 0. The summed E-state index contributed by atoms with van der Waals surface area (Å²) in [5, 5.41) is 4.00. The molecule has 4 nitrogen and oxygen atoms in total. The maximum atomic E-state index is 5.90. The van der Waals surface area contributed by atoms with Crippen LogP contribution in [0.2, 0.25) is 5.02 Å². The van der Waals surface area contributed by atoms with Gasteiger partial charge in [-0.05, 0) is 38.6 Å². The Balaban J connectivity index is 2.01. The molecule has 0 radical (unpaired) electrons. The number of halogens is 1. The van der Waals surface area contributed by atoms with E-state index in [1.807, 2.05) is 37.3 Å². The number of benzene rings is 1. The fraction of sp³-hybridized carbons (Fsp3) is 0.375. The molecule has 0 spiro atoms. The average molecular weight is 305 g/mol. The second kappa shape index (κ2) is 7.38. The normalized spacial score (nSPS) is 10.9. The Bertz CT molecular complexity index is 583. The predicted octanol–water partition coefficient (Wildman–Crippen LogP) is 3.50. The van der Waals surface area contributed by atoms with Gasteiger partial charge in [-0.15, -0.1) is 0 Å². The fourth-order valence-electron chi connectivity index (χ4n) is 2.17. The standard InChI is InChI=1S/C16H21ClN4/c1-4-18-15-9-12(2)19-16(20-15)11-21(3)10-13-5-7-14(17)8-6-13/h5-9H,4,10-11H2,1-3H3,(H,18,19,20). The van der Waals surface area contributed by atoms with Gasteiger partial charge in [0.05, 0.1) is 6.54 Å². The molecule has 112 valence electrons. The summed E-state index contributed by atoms with van der Waals surface area (Å²) in [7, 11) is 2.06. The Labute approximate surface area is 131 Å². The molecule has 1 aromatic heterocycles. The van der Waals surface area contributed by atoms with Crippen LogP contribution < -0.4 is 5.32 Å². The van der Waals surface area contributed by atoms with Crippen molar-refractivity contribution in [3.8, 4) is 0 Å². The quantitative estimate of drug-likeness (QED) is 0.887. The molecule has 0 atom stereocenters. The maximum absolute atomic E-state index is 5.90. The van der Waals surface area contributed by atoms with Crippen molar-refractivity contribution < 1.29 is 0 Å². The van der Waals surface area contributed by atoms with E-state index in [9.17, 15) is 0 Å². The van der Waals surface area contributed by atoms with Gasteiger partial charge in [-0.1, -0.05) is 23.7 Å². The number of nitrogens with one attached hydrogen (secondary N) is 1. The SMILES string of the molecule is CCNc1cc(C)nc(CN(C)Cc2ccc(Cl)cc2)n1. The molecule has 1 heterocycles. The monoisotopic (exact) mass is 304 g/mol.